The van der Waals surface area contributed by atoms with Crippen LogP contribution in [0, 0.1) is 5.92 Å². The Labute approximate surface area is 102 Å². The highest BCUT2D eigenvalue weighted by molar-refractivity contribution is 5.73. The third-order valence-corrected chi connectivity index (χ3v) is 3.37. The van der Waals surface area contributed by atoms with Crippen LogP contribution >= 0.6 is 0 Å². The van der Waals surface area contributed by atoms with Gasteiger partial charge in [0, 0.05) is 13.1 Å². The number of aliphatic carboxylic acids is 1. The van der Waals surface area contributed by atoms with E-state index in [1.165, 1.54) is 5.56 Å². The molecule has 1 heterocycles. The van der Waals surface area contributed by atoms with E-state index in [0.717, 1.165) is 19.5 Å². The monoisotopic (exact) mass is 233 g/mol. The average molecular weight is 233 g/mol. The Kier molecular flexibility index (Phi) is 3.79. The van der Waals surface area contributed by atoms with Gasteiger partial charge in [-0.05, 0) is 24.3 Å². The Hall–Kier alpha value is -1.35. The first-order chi connectivity index (χ1) is 8.16. The lowest BCUT2D eigenvalue weighted by molar-refractivity contribution is -0.146. The van der Waals surface area contributed by atoms with Gasteiger partial charge in [-0.3, -0.25) is 9.69 Å². The van der Waals surface area contributed by atoms with E-state index in [4.69, 9.17) is 0 Å². The molecule has 1 fully saturated rings. The lowest BCUT2D eigenvalue weighted by atomic mass is 9.96. The summed E-state index contributed by atoms with van der Waals surface area (Å²) in [5.74, 6) is -0.0404. The van der Waals surface area contributed by atoms with Crippen LogP contribution in [0.4, 0.5) is 0 Å². The predicted octanol–water partition coefficient (Wildman–Crippen LogP) is 2.02. The summed E-state index contributed by atoms with van der Waals surface area (Å²) in [6.45, 7) is 4.00. The van der Waals surface area contributed by atoms with Crippen molar-refractivity contribution in [2.45, 2.75) is 25.8 Å². The van der Waals surface area contributed by atoms with Crippen LogP contribution in [0.15, 0.2) is 30.3 Å². The van der Waals surface area contributed by atoms with Gasteiger partial charge < -0.3 is 5.11 Å². The molecule has 92 valence electrons. The van der Waals surface area contributed by atoms with Crippen LogP contribution in [0.25, 0.3) is 0 Å². The van der Waals surface area contributed by atoms with Crippen LogP contribution in [0.5, 0.6) is 0 Å². The average Bonchev–Trinajstić information content (AvgIpc) is 2.28. The van der Waals surface area contributed by atoms with Crippen molar-refractivity contribution in [3.8, 4) is 0 Å². The van der Waals surface area contributed by atoms with Crippen LogP contribution in [0.1, 0.15) is 18.9 Å². The molecule has 1 atom stereocenters. The SMILES string of the molecule is CC1CN(C(CCc2ccccc2)C(=O)O)C1. The Morgan fingerprint density at radius 2 is 2.06 bits per heavy atom. The van der Waals surface area contributed by atoms with Gasteiger partial charge in [-0.25, -0.2) is 0 Å². The van der Waals surface area contributed by atoms with Gasteiger partial charge in [0.1, 0.15) is 6.04 Å². The molecule has 3 heteroatoms. The minimum atomic E-state index is -0.687. The normalized spacial score (nSPS) is 18.6. The molecule has 1 unspecified atom stereocenters. The molecule has 1 aromatic rings. The topological polar surface area (TPSA) is 40.5 Å². The number of hydrogen-bond donors (Lipinski definition) is 1. The van der Waals surface area contributed by atoms with E-state index in [1.807, 2.05) is 18.2 Å². The number of carbonyl (C=O) groups is 1. The third-order valence-electron chi connectivity index (χ3n) is 3.37. The first-order valence-electron chi connectivity index (χ1n) is 6.17. The van der Waals surface area contributed by atoms with E-state index in [1.54, 1.807) is 0 Å². The van der Waals surface area contributed by atoms with Crippen molar-refractivity contribution in [1.82, 2.24) is 4.90 Å². The van der Waals surface area contributed by atoms with Gasteiger partial charge >= 0.3 is 5.97 Å². The molecule has 0 amide bonds. The molecule has 1 aliphatic heterocycles. The number of benzene rings is 1. The summed E-state index contributed by atoms with van der Waals surface area (Å²) in [5, 5.41) is 9.23. The molecule has 0 spiro atoms. The molecule has 0 aliphatic carbocycles. The zero-order valence-corrected chi connectivity index (χ0v) is 10.2. The fourth-order valence-electron chi connectivity index (χ4n) is 2.41. The first kappa shape index (κ1) is 12.1. The molecule has 0 aromatic heterocycles. The Bertz CT molecular complexity index is 371. The van der Waals surface area contributed by atoms with Crippen molar-refractivity contribution >= 4 is 5.97 Å². The Balaban J connectivity index is 1.88. The van der Waals surface area contributed by atoms with Crippen molar-refractivity contribution in [2.24, 2.45) is 5.92 Å². The molecule has 0 bridgehead atoms. The molecular weight excluding hydrogens is 214 g/mol. The standard InChI is InChI=1S/C14H19NO2/c1-11-9-15(10-11)13(14(16)17)8-7-12-5-3-2-4-6-12/h2-6,11,13H,7-10H2,1H3,(H,16,17). The maximum absolute atomic E-state index is 11.2. The Morgan fingerprint density at radius 1 is 1.41 bits per heavy atom. The van der Waals surface area contributed by atoms with Gasteiger partial charge in [0.25, 0.3) is 0 Å². The van der Waals surface area contributed by atoms with E-state index in [-0.39, 0.29) is 6.04 Å². The molecule has 2 rings (SSSR count). The predicted molar refractivity (Wildman–Crippen MR) is 66.9 cm³/mol. The van der Waals surface area contributed by atoms with Crippen molar-refractivity contribution in [3.63, 3.8) is 0 Å². The fourth-order valence-corrected chi connectivity index (χ4v) is 2.41. The molecule has 1 N–H and O–H groups in total. The summed E-state index contributed by atoms with van der Waals surface area (Å²) in [7, 11) is 0. The quantitative estimate of drug-likeness (QED) is 0.846. The number of aryl methyl sites for hydroxylation is 1. The van der Waals surface area contributed by atoms with Gasteiger partial charge in [0.05, 0.1) is 0 Å². The summed E-state index contributed by atoms with van der Waals surface area (Å²) in [5.41, 5.74) is 1.22. The van der Waals surface area contributed by atoms with E-state index in [0.29, 0.717) is 12.3 Å². The second-order valence-corrected chi connectivity index (χ2v) is 4.94. The number of hydrogen-bond acceptors (Lipinski definition) is 2. The van der Waals surface area contributed by atoms with E-state index >= 15 is 0 Å². The number of rotatable bonds is 5. The van der Waals surface area contributed by atoms with Gasteiger partial charge in [-0.2, -0.15) is 0 Å². The van der Waals surface area contributed by atoms with E-state index in [2.05, 4.69) is 24.0 Å². The van der Waals surface area contributed by atoms with E-state index < -0.39 is 5.97 Å². The zero-order chi connectivity index (χ0) is 12.3. The van der Waals surface area contributed by atoms with E-state index in [9.17, 15) is 9.90 Å². The van der Waals surface area contributed by atoms with Crippen LogP contribution in [0.3, 0.4) is 0 Å². The summed E-state index contributed by atoms with van der Waals surface area (Å²) < 4.78 is 0. The number of carboxylic acid groups (broad SMARTS) is 1. The Morgan fingerprint density at radius 3 is 2.59 bits per heavy atom. The molecule has 1 aromatic carbocycles. The molecular formula is C14H19NO2. The first-order valence-corrected chi connectivity index (χ1v) is 6.17. The molecule has 1 aliphatic rings. The highest BCUT2D eigenvalue weighted by atomic mass is 16.4. The summed E-state index contributed by atoms with van der Waals surface area (Å²) in [6, 6.07) is 9.77. The second kappa shape index (κ2) is 5.32. The van der Waals surface area contributed by atoms with Crippen molar-refractivity contribution in [3.05, 3.63) is 35.9 Å². The molecule has 17 heavy (non-hydrogen) atoms. The number of likely N-dealkylation sites (tertiary alicyclic amines) is 1. The molecule has 0 saturated carbocycles. The summed E-state index contributed by atoms with van der Waals surface area (Å²) in [6.07, 6.45) is 1.54. The van der Waals surface area contributed by atoms with Gasteiger partial charge in [-0.15, -0.1) is 0 Å². The minimum absolute atomic E-state index is 0.314. The smallest absolute Gasteiger partial charge is 0.320 e. The van der Waals surface area contributed by atoms with Crippen LogP contribution in [-0.2, 0) is 11.2 Å². The second-order valence-electron chi connectivity index (χ2n) is 4.94. The maximum atomic E-state index is 11.2. The van der Waals surface area contributed by atoms with Gasteiger partial charge in [-0.1, -0.05) is 37.3 Å². The largest absolute Gasteiger partial charge is 0.480 e. The van der Waals surface area contributed by atoms with Crippen LogP contribution in [0.2, 0.25) is 0 Å². The molecule has 3 nitrogen and oxygen atoms in total. The van der Waals surface area contributed by atoms with Crippen molar-refractivity contribution < 1.29 is 9.90 Å². The highest BCUT2D eigenvalue weighted by Crippen LogP contribution is 2.21. The highest BCUT2D eigenvalue weighted by Gasteiger charge is 2.33. The third kappa shape index (κ3) is 3.07. The number of carboxylic acids is 1. The number of nitrogens with zero attached hydrogens (tertiary/aromatic N) is 1. The van der Waals surface area contributed by atoms with Crippen LogP contribution in [-0.4, -0.2) is 35.1 Å². The van der Waals surface area contributed by atoms with Gasteiger partial charge in [0.15, 0.2) is 0 Å². The van der Waals surface area contributed by atoms with Gasteiger partial charge in [0.2, 0.25) is 0 Å². The summed E-state index contributed by atoms with van der Waals surface area (Å²) in [4.78, 5) is 13.3. The van der Waals surface area contributed by atoms with Crippen molar-refractivity contribution in [2.75, 3.05) is 13.1 Å². The van der Waals surface area contributed by atoms with Crippen LogP contribution < -0.4 is 0 Å². The zero-order valence-electron chi connectivity index (χ0n) is 10.2. The lowest BCUT2D eigenvalue weighted by Crippen LogP contribution is -2.54. The molecule has 0 radical (unpaired) electrons. The maximum Gasteiger partial charge on any atom is 0.320 e. The molecule has 1 saturated heterocycles. The fraction of sp³-hybridized carbons (Fsp3) is 0.500. The lowest BCUT2D eigenvalue weighted by Gasteiger charge is -2.41. The van der Waals surface area contributed by atoms with Crippen molar-refractivity contribution in [1.29, 1.82) is 0 Å². The summed E-state index contributed by atoms with van der Waals surface area (Å²) >= 11 is 0. The minimum Gasteiger partial charge on any atom is -0.480 e.